The van der Waals surface area contributed by atoms with E-state index in [1.807, 2.05) is 48.5 Å². The summed E-state index contributed by atoms with van der Waals surface area (Å²) in [6, 6.07) is 21.7. The summed E-state index contributed by atoms with van der Waals surface area (Å²) in [5, 5.41) is 6.88. The molecule has 4 heterocycles. The highest BCUT2D eigenvalue weighted by Gasteiger charge is 2.38. The van der Waals surface area contributed by atoms with E-state index >= 15 is 0 Å². The molecule has 35 heavy (non-hydrogen) atoms. The Bertz CT molecular complexity index is 1620. The van der Waals surface area contributed by atoms with Crippen molar-refractivity contribution in [3.8, 4) is 11.1 Å². The van der Waals surface area contributed by atoms with Gasteiger partial charge in [-0.25, -0.2) is 5.01 Å². The third-order valence-electron chi connectivity index (χ3n) is 6.05. The molecular weight excluding hydrogens is 510 g/mol. The van der Waals surface area contributed by atoms with Gasteiger partial charge in [0.05, 0.1) is 23.8 Å². The molecule has 172 valence electrons. The monoisotopic (exact) mass is 527 g/mol. The molecule has 1 aliphatic rings. The zero-order valence-electron chi connectivity index (χ0n) is 18.3. The molecule has 0 radical (unpaired) electrons. The third-order valence-corrected chi connectivity index (χ3v) is 6.54. The molecule has 1 aliphatic heterocycles. The molecule has 0 saturated carbocycles. The van der Waals surface area contributed by atoms with E-state index in [4.69, 9.17) is 8.83 Å². The third kappa shape index (κ3) is 3.72. The van der Waals surface area contributed by atoms with Gasteiger partial charge in [0.25, 0.3) is 5.56 Å². The first kappa shape index (κ1) is 21.4. The number of hydrogen-bond donors (Lipinski definition) is 1. The van der Waals surface area contributed by atoms with Crippen LogP contribution in [0.4, 0.5) is 0 Å². The van der Waals surface area contributed by atoms with Crippen LogP contribution in [-0.4, -0.2) is 21.6 Å². The quantitative estimate of drug-likeness (QED) is 0.304. The summed E-state index contributed by atoms with van der Waals surface area (Å²) in [5.74, 6) is 0.323. The lowest BCUT2D eigenvalue weighted by atomic mass is 9.92. The van der Waals surface area contributed by atoms with Gasteiger partial charge >= 0.3 is 5.91 Å². The predicted octanol–water partition coefficient (Wildman–Crippen LogP) is 6.14. The van der Waals surface area contributed by atoms with E-state index in [1.54, 1.807) is 30.5 Å². The molecule has 6 rings (SSSR count). The largest absolute Gasteiger partial charge is 0.467 e. The summed E-state index contributed by atoms with van der Waals surface area (Å²) in [6.45, 7) is 0. The molecule has 3 aromatic heterocycles. The number of fused-ring (bicyclic) bond motifs is 1. The molecule has 0 saturated heterocycles. The predicted molar refractivity (Wildman–Crippen MR) is 135 cm³/mol. The van der Waals surface area contributed by atoms with Crippen LogP contribution in [0.15, 0.2) is 109 Å². The zero-order valence-corrected chi connectivity index (χ0v) is 19.9. The molecule has 1 amide bonds. The Labute approximate surface area is 207 Å². The highest BCUT2D eigenvalue weighted by Crippen LogP contribution is 2.38. The van der Waals surface area contributed by atoms with Gasteiger partial charge in [-0.15, -0.1) is 0 Å². The van der Waals surface area contributed by atoms with Gasteiger partial charge in [-0.2, -0.15) is 5.10 Å². The Hall–Kier alpha value is -4.17. The highest BCUT2D eigenvalue weighted by molar-refractivity contribution is 9.10. The van der Waals surface area contributed by atoms with E-state index in [0.29, 0.717) is 29.0 Å². The SMILES string of the molecule is O=C(c1ccco1)N1N=C(c2c(-c3ccccc3)c3cc(Br)ccc3[nH]c2=O)C[C@H]1c1ccco1. The second-order valence-corrected chi connectivity index (χ2v) is 9.08. The van der Waals surface area contributed by atoms with E-state index in [1.165, 1.54) is 11.3 Å². The maximum absolute atomic E-state index is 13.5. The smallest absolute Gasteiger partial charge is 0.310 e. The zero-order chi connectivity index (χ0) is 23.9. The van der Waals surface area contributed by atoms with Crippen molar-refractivity contribution in [2.75, 3.05) is 0 Å². The number of carbonyl (C=O) groups is 1. The number of hydrazone groups is 1. The topological polar surface area (TPSA) is 91.8 Å². The summed E-state index contributed by atoms with van der Waals surface area (Å²) >= 11 is 3.55. The lowest BCUT2D eigenvalue weighted by Crippen LogP contribution is -2.26. The lowest BCUT2D eigenvalue weighted by Gasteiger charge is -2.18. The van der Waals surface area contributed by atoms with E-state index in [-0.39, 0.29) is 11.3 Å². The van der Waals surface area contributed by atoms with Crippen molar-refractivity contribution in [1.29, 1.82) is 0 Å². The standard InChI is InChI=1S/C27H18BrN3O4/c28-17-10-11-19-18(14-17)24(16-6-2-1-3-7-16)25(26(32)29-19)20-15-21(22-8-4-12-34-22)31(30-20)27(33)23-9-5-13-35-23/h1-14,21H,15H2,(H,29,32)/t21-/m0/s1. The number of nitrogens with zero attached hydrogens (tertiary/aromatic N) is 2. The summed E-state index contributed by atoms with van der Waals surface area (Å²) in [4.78, 5) is 29.8. The molecule has 7 nitrogen and oxygen atoms in total. The van der Waals surface area contributed by atoms with Crippen molar-refractivity contribution in [1.82, 2.24) is 9.99 Å². The second-order valence-electron chi connectivity index (χ2n) is 8.17. The van der Waals surface area contributed by atoms with Crippen molar-refractivity contribution in [2.45, 2.75) is 12.5 Å². The maximum atomic E-state index is 13.5. The Kier molecular flexibility index (Phi) is 5.22. The van der Waals surface area contributed by atoms with Gasteiger partial charge in [0.2, 0.25) is 0 Å². The van der Waals surface area contributed by atoms with Crippen molar-refractivity contribution in [2.24, 2.45) is 5.10 Å². The van der Waals surface area contributed by atoms with Gasteiger partial charge in [0.15, 0.2) is 5.76 Å². The van der Waals surface area contributed by atoms with E-state index < -0.39 is 11.9 Å². The first-order valence-electron chi connectivity index (χ1n) is 11.0. The normalized spacial score (nSPS) is 15.5. The van der Waals surface area contributed by atoms with Crippen LogP contribution in [0.5, 0.6) is 0 Å². The molecule has 5 aromatic rings. The first-order chi connectivity index (χ1) is 17.1. The Morgan fingerprint density at radius 2 is 1.77 bits per heavy atom. The highest BCUT2D eigenvalue weighted by atomic mass is 79.9. The van der Waals surface area contributed by atoms with Gasteiger partial charge in [-0.05, 0) is 48.0 Å². The number of H-pyrrole nitrogens is 1. The first-order valence-corrected chi connectivity index (χ1v) is 11.8. The summed E-state index contributed by atoms with van der Waals surface area (Å²) in [7, 11) is 0. The molecule has 0 bridgehead atoms. The molecule has 1 atom stereocenters. The fraction of sp³-hybridized carbons (Fsp3) is 0.0741. The summed E-state index contributed by atoms with van der Waals surface area (Å²) in [6.07, 6.45) is 3.30. The number of furan rings is 2. The number of aromatic amines is 1. The van der Waals surface area contributed by atoms with Crippen LogP contribution >= 0.6 is 15.9 Å². The lowest BCUT2D eigenvalue weighted by molar-refractivity contribution is 0.0660. The van der Waals surface area contributed by atoms with Gasteiger partial charge in [0.1, 0.15) is 11.8 Å². The second kappa shape index (κ2) is 8.56. The number of carbonyl (C=O) groups excluding carboxylic acids is 1. The van der Waals surface area contributed by atoms with Gasteiger partial charge in [-0.1, -0.05) is 46.3 Å². The molecular formula is C27H18BrN3O4. The number of nitrogens with one attached hydrogen (secondary N) is 1. The van der Waals surface area contributed by atoms with Crippen LogP contribution in [0.3, 0.4) is 0 Å². The van der Waals surface area contributed by atoms with Crippen molar-refractivity contribution >= 4 is 38.5 Å². The Morgan fingerprint density at radius 1 is 0.971 bits per heavy atom. The minimum Gasteiger partial charge on any atom is -0.467 e. The molecule has 0 fully saturated rings. The number of aromatic nitrogens is 1. The van der Waals surface area contributed by atoms with Crippen molar-refractivity contribution < 1.29 is 13.6 Å². The molecule has 0 unspecified atom stereocenters. The van der Waals surface area contributed by atoms with Gasteiger partial charge in [0, 0.05) is 27.4 Å². The van der Waals surface area contributed by atoms with Crippen LogP contribution in [0.2, 0.25) is 0 Å². The number of hydrogen-bond acceptors (Lipinski definition) is 5. The van der Waals surface area contributed by atoms with Crippen LogP contribution in [-0.2, 0) is 0 Å². The molecule has 0 spiro atoms. The Balaban J connectivity index is 1.58. The average molecular weight is 528 g/mol. The maximum Gasteiger partial charge on any atom is 0.310 e. The van der Waals surface area contributed by atoms with E-state index in [9.17, 15) is 9.59 Å². The molecule has 1 N–H and O–H groups in total. The van der Waals surface area contributed by atoms with Gasteiger partial charge < -0.3 is 13.8 Å². The Morgan fingerprint density at radius 3 is 2.51 bits per heavy atom. The molecule has 8 heteroatoms. The molecule has 0 aliphatic carbocycles. The fourth-order valence-corrected chi connectivity index (χ4v) is 4.87. The van der Waals surface area contributed by atoms with Crippen LogP contribution < -0.4 is 5.56 Å². The number of rotatable bonds is 4. The van der Waals surface area contributed by atoms with Crippen molar-refractivity contribution in [3.63, 3.8) is 0 Å². The van der Waals surface area contributed by atoms with Crippen LogP contribution in [0, 0.1) is 0 Å². The van der Waals surface area contributed by atoms with Crippen LogP contribution in [0.25, 0.3) is 22.0 Å². The number of benzene rings is 2. The van der Waals surface area contributed by atoms with Gasteiger partial charge in [-0.3, -0.25) is 9.59 Å². The van der Waals surface area contributed by atoms with Crippen molar-refractivity contribution in [3.05, 3.63) is 117 Å². The van der Waals surface area contributed by atoms with E-state index in [2.05, 4.69) is 26.0 Å². The minimum atomic E-state index is -0.515. The summed E-state index contributed by atoms with van der Waals surface area (Å²) in [5.41, 5.74) is 2.99. The molecule has 2 aromatic carbocycles. The number of pyridine rings is 1. The average Bonchev–Trinajstić information content (AvgIpc) is 3.65. The minimum absolute atomic E-state index is 0.159. The number of amides is 1. The fourth-order valence-electron chi connectivity index (χ4n) is 4.51. The number of halogens is 1. The van der Waals surface area contributed by atoms with E-state index in [0.717, 1.165) is 21.0 Å². The summed E-state index contributed by atoms with van der Waals surface area (Å²) < 4.78 is 11.9. The van der Waals surface area contributed by atoms with Crippen LogP contribution in [0.1, 0.15) is 34.3 Å².